The number of hydrogen-bond acceptors (Lipinski definition) is 3. The van der Waals surface area contributed by atoms with Crippen molar-refractivity contribution in [2.45, 2.75) is 10.7 Å². The maximum Gasteiger partial charge on any atom is 0.338 e. The molecule has 0 heterocycles. The molecule has 3 nitrogen and oxygen atoms in total. The monoisotopic (exact) mass is 258 g/mol. The van der Waals surface area contributed by atoms with Crippen LogP contribution in [0, 0.1) is 0 Å². The summed E-state index contributed by atoms with van der Waals surface area (Å²) < 4.78 is 3.54. The molecule has 0 aliphatic carbocycles. The van der Waals surface area contributed by atoms with Crippen molar-refractivity contribution in [1.29, 1.82) is 0 Å². The smallest absolute Gasteiger partial charge is 0.338 e. The quantitative estimate of drug-likeness (QED) is 0.404. The Morgan fingerprint density at radius 2 is 1.89 bits per heavy atom. The van der Waals surface area contributed by atoms with E-state index in [0.717, 1.165) is 0 Å². The number of esters is 2. The molecule has 0 fully saturated rings. The van der Waals surface area contributed by atoms with Gasteiger partial charge in [0, 0.05) is 6.92 Å². The molecule has 0 aliphatic heterocycles. The third-order valence-electron chi connectivity index (χ3n) is 0.422. The molecule has 0 saturated heterocycles. The highest BCUT2D eigenvalue weighted by atomic mass is 79.9. The molecular weight excluding hydrogens is 256 g/mol. The summed E-state index contributed by atoms with van der Waals surface area (Å²) in [5.41, 5.74) is 0. The fourth-order valence-electron chi connectivity index (χ4n) is 0.186. The van der Waals surface area contributed by atoms with E-state index in [-0.39, 0.29) is 0 Å². The first-order chi connectivity index (χ1) is 4.04. The molecule has 52 valence electrons. The topological polar surface area (TPSA) is 43.4 Å². The van der Waals surface area contributed by atoms with Gasteiger partial charge in [0.15, 0.2) is 3.74 Å². The van der Waals surface area contributed by atoms with E-state index in [1.165, 1.54) is 6.92 Å². The predicted molar refractivity (Wildman–Crippen MR) is 38.4 cm³/mol. The Morgan fingerprint density at radius 1 is 1.44 bits per heavy atom. The molecule has 0 bridgehead atoms. The van der Waals surface area contributed by atoms with Gasteiger partial charge in [-0.25, -0.2) is 4.79 Å². The predicted octanol–water partition coefficient (Wildman–Crippen LogP) is 1.19. The lowest BCUT2D eigenvalue weighted by atomic mass is 10.7. The second-order valence-electron chi connectivity index (χ2n) is 1.21. The van der Waals surface area contributed by atoms with Gasteiger partial charge in [-0.05, 0) is 0 Å². The van der Waals surface area contributed by atoms with Gasteiger partial charge in [-0.3, -0.25) is 4.79 Å². The highest BCUT2D eigenvalue weighted by Gasteiger charge is 2.13. The summed E-state index contributed by atoms with van der Waals surface area (Å²) in [6, 6.07) is 0. The van der Waals surface area contributed by atoms with E-state index in [4.69, 9.17) is 0 Å². The van der Waals surface area contributed by atoms with Crippen LogP contribution in [-0.4, -0.2) is 15.7 Å². The van der Waals surface area contributed by atoms with E-state index in [2.05, 4.69) is 36.6 Å². The zero-order valence-corrected chi connectivity index (χ0v) is 7.73. The Labute approximate surface area is 69.0 Å². The number of halogens is 2. The molecule has 9 heavy (non-hydrogen) atoms. The number of alkyl halides is 2. The molecule has 5 heteroatoms. The van der Waals surface area contributed by atoms with Gasteiger partial charge in [0.05, 0.1) is 0 Å². The van der Waals surface area contributed by atoms with Gasteiger partial charge >= 0.3 is 11.9 Å². The van der Waals surface area contributed by atoms with E-state index in [9.17, 15) is 9.59 Å². The Morgan fingerprint density at radius 3 is 2.00 bits per heavy atom. The number of ether oxygens (including phenoxy) is 1. The van der Waals surface area contributed by atoms with Gasteiger partial charge in [0.1, 0.15) is 0 Å². The lowest BCUT2D eigenvalue weighted by Crippen LogP contribution is -2.14. The lowest BCUT2D eigenvalue weighted by Gasteiger charge is -1.97. The summed E-state index contributed by atoms with van der Waals surface area (Å²) in [6.07, 6.45) is 0. The van der Waals surface area contributed by atoms with Crippen LogP contribution in [0.25, 0.3) is 0 Å². The van der Waals surface area contributed by atoms with Gasteiger partial charge in [-0.15, -0.1) is 0 Å². The summed E-state index contributed by atoms with van der Waals surface area (Å²) in [6.45, 7) is 1.17. The molecule has 0 aromatic heterocycles. The number of rotatable bonds is 1. The molecule has 0 saturated carbocycles. The summed E-state index contributed by atoms with van der Waals surface area (Å²) in [5, 5.41) is 0. The van der Waals surface area contributed by atoms with Crippen molar-refractivity contribution in [2.24, 2.45) is 0 Å². The van der Waals surface area contributed by atoms with Crippen LogP contribution in [0.15, 0.2) is 0 Å². The van der Waals surface area contributed by atoms with Gasteiger partial charge in [0.25, 0.3) is 0 Å². The van der Waals surface area contributed by atoms with Crippen LogP contribution in [-0.2, 0) is 14.3 Å². The van der Waals surface area contributed by atoms with Crippen molar-refractivity contribution in [3.05, 3.63) is 0 Å². The number of carbonyl (C=O) groups is 2. The Balaban J connectivity index is 3.64. The van der Waals surface area contributed by atoms with Crippen LogP contribution < -0.4 is 0 Å². The SMILES string of the molecule is CC(=O)OC(=O)C(Br)Br. The van der Waals surface area contributed by atoms with E-state index >= 15 is 0 Å². The minimum atomic E-state index is -0.637. The normalized spacial score (nSPS) is 9.33. The molecule has 0 N–H and O–H groups in total. The zero-order valence-electron chi connectivity index (χ0n) is 4.56. The fraction of sp³-hybridized carbons (Fsp3) is 0.500. The van der Waals surface area contributed by atoms with E-state index in [1.54, 1.807) is 0 Å². The van der Waals surface area contributed by atoms with E-state index in [0.29, 0.717) is 0 Å². The highest BCUT2D eigenvalue weighted by molar-refractivity contribution is 9.25. The molecule has 0 aliphatic rings. The fourth-order valence-corrected chi connectivity index (χ4v) is 0.373. The first kappa shape index (κ1) is 9.10. The summed E-state index contributed by atoms with van der Waals surface area (Å²) in [5.74, 6) is -1.24. The molecule has 0 aromatic carbocycles. The van der Waals surface area contributed by atoms with Gasteiger partial charge < -0.3 is 4.74 Å². The Bertz CT molecular complexity index is 132. The van der Waals surface area contributed by atoms with Crippen LogP contribution >= 0.6 is 31.9 Å². The first-order valence-electron chi connectivity index (χ1n) is 2.04. The third kappa shape index (κ3) is 4.59. The van der Waals surface area contributed by atoms with Crippen LogP contribution in [0.2, 0.25) is 0 Å². The lowest BCUT2D eigenvalue weighted by molar-refractivity contribution is -0.156. The van der Waals surface area contributed by atoms with Crippen LogP contribution in [0.5, 0.6) is 0 Å². The molecule has 0 unspecified atom stereocenters. The molecule has 0 spiro atoms. The molecule has 0 aromatic rings. The largest absolute Gasteiger partial charge is 0.392 e. The van der Waals surface area contributed by atoms with Gasteiger partial charge in [-0.2, -0.15) is 0 Å². The number of carbonyl (C=O) groups excluding carboxylic acids is 2. The van der Waals surface area contributed by atoms with E-state index in [1.807, 2.05) is 0 Å². The average Bonchev–Trinajstić information content (AvgIpc) is 1.63. The molecule has 0 atom stereocenters. The Kier molecular flexibility index (Phi) is 4.05. The first-order valence-corrected chi connectivity index (χ1v) is 3.87. The highest BCUT2D eigenvalue weighted by Crippen LogP contribution is 2.09. The summed E-state index contributed by atoms with van der Waals surface area (Å²) in [7, 11) is 0. The average molecular weight is 260 g/mol. The molecule has 0 radical (unpaired) electrons. The van der Waals surface area contributed by atoms with Crippen molar-refractivity contribution < 1.29 is 14.3 Å². The summed E-state index contributed by atoms with van der Waals surface area (Å²) in [4.78, 5) is 20.5. The zero-order chi connectivity index (χ0) is 7.44. The second kappa shape index (κ2) is 4.00. The van der Waals surface area contributed by atoms with Crippen LogP contribution in [0.4, 0.5) is 0 Å². The van der Waals surface area contributed by atoms with Gasteiger partial charge in [0.2, 0.25) is 0 Å². The van der Waals surface area contributed by atoms with Crippen molar-refractivity contribution in [1.82, 2.24) is 0 Å². The van der Waals surface area contributed by atoms with Gasteiger partial charge in [-0.1, -0.05) is 31.9 Å². The molecule has 0 rings (SSSR count). The van der Waals surface area contributed by atoms with Crippen molar-refractivity contribution in [2.75, 3.05) is 0 Å². The van der Waals surface area contributed by atoms with Crippen molar-refractivity contribution in [3.8, 4) is 0 Å². The van der Waals surface area contributed by atoms with E-state index < -0.39 is 15.7 Å². The Hall–Kier alpha value is 0.1000. The second-order valence-corrected chi connectivity index (χ2v) is 4.27. The van der Waals surface area contributed by atoms with Crippen LogP contribution in [0.3, 0.4) is 0 Å². The molecule has 0 amide bonds. The molecular formula is C4H4Br2O3. The van der Waals surface area contributed by atoms with Crippen molar-refractivity contribution >= 4 is 43.8 Å². The maximum absolute atomic E-state index is 10.4. The standard InChI is InChI=1S/C4H4Br2O3/c1-2(7)9-4(8)3(5)6/h3H,1H3. The maximum atomic E-state index is 10.4. The number of hydrogen-bond donors (Lipinski definition) is 0. The van der Waals surface area contributed by atoms with Crippen LogP contribution in [0.1, 0.15) is 6.92 Å². The minimum Gasteiger partial charge on any atom is -0.392 e. The third-order valence-corrected chi connectivity index (χ3v) is 1.17. The minimum absolute atomic E-state index is 0.603. The summed E-state index contributed by atoms with van der Waals surface area (Å²) >= 11 is 5.72. The van der Waals surface area contributed by atoms with Crippen molar-refractivity contribution in [3.63, 3.8) is 0 Å².